The number of nitrogens with one attached hydrogen (secondary N) is 2. The minimum absolute atomic E-state index is 0.440. The van der Waals surface area contributed by atoms with Crippen LogP contribution in [0, 0.1) is 0 Å². The number of hydrogen-bond donors (Lipinski definition) is 2. The van der Waals surface area contributed by atoms with Crippen molar-refractivity contribution in [3.63, 3.8) is 0 Å². The Morgan fingerprint density at radius 1 is 1.44 bits per heavy atom. The van der Waals surface area contributed by atoms with Gasteiger partial charge in [-0.15, -0.1) is 0 Å². The Hall–Kier alpha value is -0.160. The first-order valence-corrected chi connectivity index (χ1v) is 3.23. The fourth-order valence-corrected chi connectivity index (χ4v) is 0.916. The van der Waals surface area contributed by atoms with Gasteiger partial charge in [0, 0.05) is 14.1 Å². The monoisotopic (exact) mass is 130 g/mol. The normalized spacial score (nSPS) is 31.7. The highest BCUT2D eigenvalue weighted by Crippen LogP contribution is 2.02. The molecule has 1 aliphatic heterocycles. The summed E-state index contributed by atoms with van der Waals surface area (Å²) in [6.45, 7) is 2.15. The van der Waals surface area contributed by atoms with Gasteiger partial charge in [-0.2, -0.15) is 10.7 Å². The summed E-state index contributed by atoms with van der Waals surface area (Å²) in [4.78, 5) is 0. The molecule has 0 aromatic carbocycles. The van der Waals surface area contributed by atoms with Gasteiger partial charge >= 0.3 is 0 Å². The Labute approximate surface area is 55.7 Å². The molecule has 54 valence electrons. The van der Waals surface area contributed by atoms with E-state index in [1.807, 2.05) is 19.2 Å². The molecule has 4 nitrogen and oxygen atoms in total. The molecule has 9 heavy (non-hydrogen) atoms. The molecule has 1 aliphatic rings. The van der Waals surface area contributed by atoms with E-state index in [0.29, 0.717) is 6.17 Å². The lowest BCUT2D eigenvalue weighted by atomic mass is 10.4. The van der Waals surface area contributed by atoms with Gasteiger partial charge in [-0.1, -0.05) is 6.92 Å². The molecule has 2 N–H and O–H groups in total. The van der Waals surface area contributed by atoms with Gasteiger partial charge in [0.25, 0.3) is 0 Å². The third-order valence-electron chi connectivity index (χ3n) is 1.70. The van der Waals surface area contributed by atoms with Crippen LogP contribution in [-0.4, -0.2) is 30.4 Å². The Kier molecular flexibility index (Phi) is 2.02. The second-order valence-corrected chi connectivity index (χ2v) is 2.28. The van der Waals surface area contributed by atoms with E-state index in [1.165, 1.54) is 0 Å². The van der Waals surface area contributed by atoms with E-state index in [2.05, 4.69) is 22.9 Å². The van der Waals surface area contributed by atoms with Crippen LogP contribution in [0.5, 0.6) is 0 Å². The van der Waals surface area contributed by atoms with E-state index >= 15 is 0 Å². The quantitative estimate of drug-likeness (QED) is 0.502. The lowest BCUT2D eigenvalue weighted by Gasteiger charge is -2.20. The zero-order valence-electron chi connectivity index (χ0n) is 6.18. The molecule has 0 aromatic heterocycles. The predicted molar refractivity (Wildman–Crippen MR) is 35.9 cm³/mol. The van der Waals surface area contributed by atoms with Crippen molar-refractivity contribution in [2.24, 2.45) is 0 Å². The summed E-state index contributed by atoms with van der Waals surface area (Å²) in [7, 11) is 4.02. The molecule has 0 amide bonds. The highest BCUT2D eigenvalue weighted by Gasteiger charge is 2.22. The van der Waals surface area contributed by atoms with Crippen LogP contribution in [0.15, 0.2) is 0 Å². The largest absolute Gasteiger partial charge is 0.224 e. The van der Waals surface area contributed by atoms with Crippen molar-refractivity contribution in [1.29, 1.82) is 0 Å². The molecule has 0 spiro atoms. The molecule has 0 aliphatic carbocycles. The lowest BCUT2D eigenvalue weighted by molar-refractivity contribution is 0.0184. The van der Waals surface area contributed by atoms with Crippen LogP contribution in [0.25, 0.3) is 0 Å². The van der Waals surface area contributed by atoms with Crippen molar-refractivity contribution in [3.8, 4) is 0 Å². The summed E-state index contributed by atoms with van der Waals surface area (Å²) >= 11 is 0. The van der Waals surface area contributed by atoms with Gasteiger partial charge in [-0.05, 0) is 6.42 Å². The Morgan fingerprint density at radius 2 is 2.11 bits per heavy atom. The zero-order chi connectivity index (χ0) is 6.85. The van der Waals surface area contributed by atoms with Crippen molar-refractivity contribution >= 4 is 0 Å². The summed E-state index contributed by atoms with van der Waals surface area (Å²) in [5.74, 6) is 0. The predicted octanol–water partition coefficient (Wildman–Crippen LogP) is -0.476. The molecule has 1 atom stereocenters. The van der Waals surface area contributed by atoms with Crippen LogP contribution >= 0.6 is 0 Å². The van der Waals surface area contributed by atoms with Crippen molar-refractivity contribution in [3.05, 3.63) is 0 Å². The Bertz CT molecular complexity index is 95.0. The topological polar surface area (TPSA) is 30.5 Å². The number of hydrogen-bond acceptors (Lipinski definition) is 4. The SMILES string of the molecule is CCC1NNN(C)N1C. The molecule has 0 bridgehead atoms. The summed E-state index contributed by atoms with van der Waals surface area (Å²) in [5, 5.41) is 4.04. The van der Waals surface area contributed by atoms with Gasteiger partial charge in [0.15, 0.2) is 0 Å². The number of hydrazine groups is 3. The van der Waals surface area contributed by atoms with E-state index < -0.39 is 0 Å². The molecule has 1 unspecified atom stereocenters. The minimum atomic E-state index is 0.440. The van der Waals surface area contributed by atoms with Gasteiger partial charge in [0.2, 0.25) is 0 Å². The van der Waals surface area contributed by atoms with Gasteiger partial charge in [-0.3, -0.25) is 0 Å². The molecular weight excluding hydrogens is 116 g/mol. The maximum atomic E-state index is 3.11. The molecule has 1 rings (SSSR count). The Balaban J connectivity index is 2.41. The molecule has 4 heteroatoms. The van der Waals surface area contributed by atoms with Crippen LogP contribution in [-0.2, 0) is 0 Å². The van der Waals surface area contributed by atoms with Crippen LogP contribution < -0.4 is 11.0 Å². The van der Waals surface area contributed by atoms with Crippen LogP contribution in [0.1, 0.15) is 13.3 Å². The molecule has 1 saturated heterocycles. The summed E-state index contributed by atoms with van der Waals surface area (Å²) in [6.07, 6.45) is 1.54. The van der Waals surface area contributed by atoms with Gasteiger partial charge in [-0.25, -0.2) is 10.4 Å². The van der Waals surface area contributed by atoms with Gasteiger partial charge in [0.05, 0.1) is 6.17 Å². The number of rotatable bonds is 1. The Morgan fingerprint density at radius 3 is 2.33 bits per heavy atom. The van der Waals surface area contributed by atoms with Crippen LogP contribution in [0.4, 0.5) is 0 Å². The number of nitrogens with zero attached hydrogens (tertiary/aromatic N) is 2. The molecule has 0 saturated carbocycles. The third-order valence-corrected chi connectivity index (χ3v) is 1.70. The fraction of sp³-hybridized carbons (Fsp3) is 1.00. The second-order valence-electron chi connectivity index (χ2n) is 2.28. The van der Waals surface area contributed by atoms with Crippen LogP contribution in [0.3, 0.4) is 0 Å². The van der Waals surface area contributed by atoms with Crippen molar-refractivity contribution in [1.82, 2.24) is 21.1 Å². The molecule has 1 heterocycles. The third kappa shape index (κ3) is 1.21. The van der Waals surface area contributed by atoms with Crippen molar-refractivity contribution in [2.75, 3.05) is 14.1 Å². The van der Waals surface area contributed by atoms with Gasteiger partial charge < -0.3 is 0 Å². The smallest absolute Gasteiger partial charge is 0.0884 e. The molecular formula is C5H14N4. The summed E-state index contributed by atoms with van der Waals surface area (Å²) < 4.78 is 0. The molecule has 0 radical (unpaired) electrons. The van der Waals surface area contributed by atoms with Crippen LogP contribution in [0.2, 0.25) is 0 Å². The van der Waals surface area contributed by atoms with E-state index in [0.717, 1.165) is 6.42 Å². The highest BCUT2D eigenvalue weighted by molar-refractivity contribution is 4.62. The van der Waals surface area contributed by atoms with Gasteiger partial charge in [0.1, 0.15) is 0 Å². The molecule has 1 fully saturated rings. The van der Waals surface area contributed by atoms with Crippen molar-refractivity contribution in [2.45, 2.75) is 19.5 Å². The van der Waals surface area contributed by atoms with E-state index in [1.54, 1.807) is 0 Å². The fourth-order valence-electron chi connectivity index (χ4n) is 0.916. The summed E-state index contributed by atoms with van der Waals surface area (Å²) in [5.41, 5.74) is 6.09. The van der Waals surface area contributed by atoms with E-state index in [-0.39, 0.29) is 0 Å². The first-order valence-electron chi connectivity index (χ1n) is 3.23. The average Bonchev–Trinajstić information content (AvgIpc) is 2.15. The minimum Gasteiger partial charge on any atom is -0.224 e. The molecule has 0 aromatic rings. The van der Waals surface area contributed by atoms with Crippen molar-refractivity contribution < 1.29 is 0 Å². The maximum Gasteiger partial charge on any atom is 0.0884 e. The first kappa shape index (κ1) is 6.95. The maximum absolute atomic E-state index is 3.11. The first-order chi connectivity index (χ1) is 4.25. The lowest BCUT2D eigenvalue weighted by Crippen LogP contribution is -2.37. The summed E-state index contributed by atoms with van der Waals surface area (Å²) in [6, 6.07) is 0. The van der Waals surface area contributed by atoms with E-state index in [9.17, 15) is 0 Å². The standard InChI is InChI=1S/C5H14N4/c1-4-5-6-7-9(3)8(5)2/h5-7H,4H2,1-3H3. The zero-order valence-corrected chi connectivity index (χ0v) is 6.18. The second kappa shape index (κ2) is 2.62. The average molecular weight is 130 g/mol. The van der Waals surface area contributed by atoms with E-state index in [4.69, 9.17) is 0 Å². The highest BCUT2D eigenvalue weighted by atomic mass is 15.9.